The van der Waals surface area contributed by atoms with Gasteiger partial charge >= 0.3 is 5.97 Å². The van der Waals surface area contributed by atoms with Gasteiger partial charge in [-0.25, -0.2) is 4.79 Å². The summed E-state index contributed by atoms with van der Waals surface area (Å²) in [5, 5.41) is 13.4. The molecule has 21 heavy (non-hydrogen) atoms. The number of carbonyl (C=O) groups is 2. The van der Waals surface area contributed by atoms with Gasteiger partial charge in [0.25, 0.3) is 5.56 Å². The van der Waals surface area contributed by atoms with Crippen LogP contribution < -0.4 is 5.56 Å². The van der Waals surface area contributed by atoms with Gasteiger partial charge in [-0.05, 0) is 30.7 Å². The summed E-state index contributed by atoms with van der Waals surface area (Å²) in [4.78, 5) is 34.7. The maximum Gasteiger partial charge on any atom is 0.341 e. The van der Waals surface area contributed by atoms with Crippen LogP contribution in [0.1, 0.15) is 33.3 Å². The second-order valence-electron chi connectivity index (χ2n) is 4.46. The molecule has 2 aromatic rings. The Hall–Kier alpha value is -2.47. The molecule has 0 spiro atoms. The first-order valence-corrected chi connectivity index (χ1v) is 6.34. The molecule has 0 amide bonds. The number of aromatic carboxylic acids is 1. The molecule has 0 saturated carbocycles. The molecule has 7 heteroatoms. The van der Waals surface area contributed by atoms with E-state index in [1.807, 2.05) is 0 Å². The van der Waals surface area contributed by atoms with E-state index in [4.69, 9.17) is 16.7 Å². The molecule has 108 valence electrons. The molecule has 1 aromatic heterocycles. The van der Waals surface area contributed by atoms with E-state index in [0.29, 0.717) is 10.7 Å². The first kappa shape index (κ1) is 14.9. The van der Waals surface area contributed by atoms with Gasteiger partial charge in [-0.2, -0.15) is 9.78 Å². The van der Waals surface area contributed by atoms with Crippen LogP contribution in [0.3, 0.4) is 0 Å². The summed E-state index contributed by atoms with van der Waals surface area (Å²) >= 11 is 5.99. The maximum atomic E-state index is 12.1. The lowest BCUT2D eigenvalue weighted by atomic mass is 10.2. The summed E-state index contributed by atoms with van der Waals surface area (Å²) in [7, 11) is 0. The number of carbonyl (C=O) groups excluding carboxylic acids is 1. The molecule has 0 atom stereocenters. The summed E-state index contributed by atoms with van der Waals surface area (Å²) in [5.41, 5.74) is -0.362. The lowest BCUT2D eigenvalue weighted by molar-refractivity contribution is 0.0694. The zero-order valence-electron chi connectivity index (χ0n) is 11.3. The van der Waals surface area contributed by atoms with Gasteiger partial charge in [0.1, 0.15) is 11.3 Å². The zero-order valence-corrected chi connectivity index (χ0v) is 12.0. The lowest BCUT2D eigenvalue weighted by Crippen LogP contribution is -2.29. The molecule has 0 unspecified atom stereocenters. The molecule has 0 fully saturated rings. The molecule has 1 aromatic carbocycles. The van der Waals surface area contributed by atoms with Gasteiger partial charge in [-0.3, -0.25) is 9.59 Å². The molecule has 1 heterocycles. The maximum absolute atomic E-state index is 12.1. The van der Waals surface area contributed by atoms with Crippen molar-refractivity contribution in [3.63, 3.8) is 0 Å². The zero-order chi connectivity index (χ0) is 15.7. The van der Waals surface area contributed by atoms with Crippen LogP contribution in [-0.2, 0) is 0 Å². The summed E-state index contributed by atoms with van der Waals surface area (Å²) in [5.74, 6) is -1.86. The van der Waals surface area contributed by atoms with E-state index in [1.54, 1.807) is 19.1 Å². The third-order valence-electron chi connectivity index (χ3n) is 2.90. The molecule has 1 N–H and O–H groups in total. The first-order chi connectivity index (χ1) is 9.81. The van der Waals surface area contributed by atoms with Crippen molar-refractivity contribution in [2.45, 2.75) is 13.8 Å². The number of hydrogen-bond acceptors (Lipinski definition) is 4. The second kappa shape index (κ2) is 5.49. The molecule has 6 nitrogen and oxygen atoms in total. The van der Waals surface area contributed by atoms with E-state index in [9.17, 15) is 14.4 Å². The number of carboxylic acids is 1. The van der Waals surface area contributed by atoms with Crippen LogP contribution in [-0.4, -0.2) is 26.6 Å². The highest BCUT2D eigenvalue weighted by Gasteiger charge is 2.17. The largest absolute Gasteiger partial charge is 0.477 e. The van der Waals surface area contributed by atoms with Crippen molar-refractivity contribution in [2.24, 2.45) is 0 Å². The van der Waals surface area contributed by atoms with E-state index in [-0.39, 0.29) is 5.69 Å². The van der Waals surface area contributed by atoms with Crippen molar-refractivity contribution < 1.29 is 14.7 Å². The quantitative estimate of drug-likeness (QED) is 0.877. The third kappa shape index (κ3) is 2.85. The number of carboxylic acid groups (broad SMARTS) is 1. The van der Waals surface area contributed by atoms with E-state index in [0.717, 1.165) is 16.3 Å². The van der Waals surface area contributed by atoms with Gasteiger partial charge in [0, 0.05) is 11.9 Å². The van der Waals surface area contributed by atoms with E-state index >= 15 is 0 Å². The minimum Gasteiger partial charge on any atom is -0.477 e. The molecule has 0 radical (unpaired) electrons. The van der Waals surface area contributed by atoms with Gasteiger partial charge in [-0.15, -0.1) is 0 Å². The van der Waals surface area contributed by atoms with Crippen LogP contribution >= 0.6 is 11.6 Å². The van der Waals surface area contributed by atoms with Gasteiger partial charge in [0.15, 0.2) is 5.78 Å². The van der Waals surface area contributed by atoms with Crippen LogP contribution in [0.25, 0.3) is 5.69 Å². The second-order valence-corrected chi connectivity index (χ2v) is 4.86. The average molecular weight is 307 g/mol. The Morgan fingerprint density at radius 1 is 1.29 bits per heavy atom. The van der Waals surface area contributed by atoms with Crippen LogP contribution in [0.2, 0.25) is 5.02 Å². The number of nitrogens with zero attached hydrogens (tertiary/aromatic N) is 2. The number of Topliss-reactive ketones (excluding diaryl/α,β-unsaturated/α-hetero) is 1. The molecular formula is C14H11ClN2O4. The van der Waals surface area contributed by atoms with E-state index < -0.39 is 22.9 Å². The smallest absolute Gasteiger partial charge is 0.341 e. The minimum absolute atomic E-state index is 0.108. The van der Waals surface area contributed by atoms with Crippen LogP contribution in [0.4, 0.5) is 0 Å². The topological polar surface area (TPSA) is 89.3 Å². The highest BCUT2D eigenvalue weighted by molar-refractivity contribution is 6.31. The van der Waals surface area contributed by atoms with Crippen molar-refractivity contribution in [1.29, 1.82) is 0 Å². The number of halogens is 1. The average Bonchev–Trinajstić information content (AvgIpc) is 2.41. The number of aromatic nitrogens is 2. The predicted molar refractivity (Wildman–Crippen MR) is 76.5 cm³/mol. The van der Waals surface area contributed by atoms with Crippen molar-refractivity contribution in [3.8, 4) is 5.69 Å². The standard InChI is InChI=1S/C14H11ClN2O4/c1-7-3-4-9(5-11(7)15)17-13(19)10(14(20)21)6-12(16-17)8(2)18/h3-6H,1-2H3,(H,20,21). The Labute approximate surface area is 124 Å². The van der Waals surface area contributed by atoms with E-state index in [2.05, 4.69) is 5.10 Å². The van der Waals surface area contributed by atoms with Crippen molar-refractivity contribution >= 4 is 23.4 Å². The number of aryl methyl sites for hydroxylation is 1. The fraction of sp³-hybridized carbons (Fsp3) is 0.143. The Morgan fingerprint density at radius 3 is 2.48 bits per heavy atom. The number of benzene rings is 1. The molecule has 0 bridgehead atoms. The Morgan fingerprint density at radius 2 is 1.95 bits per heavy atom. The van der Waals surface area contributed by atoms with Crippen LogP contribution in [0.5, 0.6) is 0 Å². The molecular weight excluding hydrogens is 296 g/mol. The first-order valence-electron chi connectivity index (χ1n) is 5.96. The molecule has 0 aliphatic rings. The SMILES string of the molecule is CC(=O)c1cc(C(=O)O)c(=O)n(-c2ccc(C)c(Cl)c2)n1. The van der Waals surface area contributed by atoms with Crippen molar-refractivity contribution in [1.82, 2.24) is 9.78 Å². The van der Waals surface area contributed by atoms with Gasteiger partial charge in [0.2, 0.25) is 0 Å². The Bertz CT molecular complexity index is 811. The summed E-state index contributed by atoms with van der Waals surface area (Å²) in [6, 6.07) is 5.71. The Balaban J connectivity index is 2.78. The van der Waals surface area contributed by atoms with Gasteiger partial charge < -0.3 is 5.11 Å². The summed E-state index contributed by atoms with van der Waals surface area (Å²) < 4.78 is 0.867. The number of ketones is 1. The van der Waals surface area contributed by atoms with Crippen LogP contribution in [0.15, 0.2) is 29.1 Å². The molecule has 0 aliphatic carbocycles. The normalized spacial score (nSPS) is 10.4. The van der Waals surface area contributed by atoms with Crippen molar-refractivity contribution in [3.05, 3.63) is 56.5 Å². The summed E-state index contributed by atoms with van der Waals surface area (Å²) in [6.07, 6.45) is 0. The molecule has 0 saturated heterocycles. The van der Waals surface area contributed by atoms with Crippen molar-refractivity contribution in [2.75, 3.05) is 0 Å². The summed E-state index contributed by atoms with van der Waals surface area (Å²) in [6.45, 7) is 3.03. The van der Waals surface area contributed by atoms with Crippen LogP contribution in [0, 0.1) is 6.92 Å². The fourth-order valence-electron chi connectivity index (χ4n) is 1.71. The Kier molecular flexibility index (Phi) is 3.90. The lowest BCUT2D eigenvalue weighted by Gasteiger charge is -2.09. The molecule has 0 aliphatic heterocycles. The monoisotopic (exact) mass is 306 g/mol. The fourth-order valence-corrected chi connectivity index (χ4v) is 1.88. The predicted octanol–water partition coefficient (Wildman–Crippen LogP) is 2.10. The minimum atomic E-state index is -1.42. The van der Waals surface area contributed by atoms with E-state index in [1.165, 1.54) is 13.0 Å². The molecule has 2 rings (SSSR count). The van der Waals surface area contributed by atoms with Gasteiger partial charge in [-0.1, -0.05) is 17.7 Å². The number of rotatable bonds is 3. The highest BCUT2D eigenvalue weighted by atomic mass is 35.5. The number of hydrogen-bond donors (Lipinski definition) is 1. The van der Waals surface area contributed by atoms with Gasteiger partial charge in [0.05, 0.1) is 5.69 Å². The highest BCUT2D eigenvalue weighted by Crippen LogP contribution is 2.18. The third-order valence-corrected chi connectivity index (χ3v) is 3.31.